The smallest absolute Gasteiger partial charge is 0.328 e. The summed E-state index contributed by atoms with van der Waals surface area (Å²) in [7, 11) is 0. The number of rotatable bonds is 7. The summed E-state index contributed by atoms with van der Waals surface area (Å²) >= 11 is 0. The largest absolute Gasteiger partial charge is 0.478 e. The molecule has 158 valence electrons. The van der Waals surface area contributed by atoms with Gasteiger partial charge < -0.3 is 9.52 Å². The Hall–Kier alpha value is -4.18. The number of aliphatic carboxylic acids is 1. The van der Waals surface area contributed by atoms with Crippen LogP contribution in [0.2, 0.25) is 0 Å². The zero-order valence-electron chi connectivity index (χ0n) is 17.7. The number of benzene rings is 3. The molecule has 4 nitrogen and oxygen atoms in total. The Morgan fingerprint density at radius 3 is 2.12 bits per heavy atom. The Bertz CT molecular complexity index is 1230. The van der Waals surface area contributed by atoms with Crippen LogP contribution in [0.15, 0.2) is 102 Å². The molecule has 0 bridgehead atoms. The summed E-state index contributed by atoms with van der Waals surface area (Å²) in [5.74, 6) is -0.228. The number of nitrogens with zero attached hydrogens (tertiary/aromatic N) is 1. The fraction of sp³-hybridized carbons (Fsp3) is 0.0714. The lowest BCUT2D eigenvalue weighted by atomic mass is 9.87. The van der Waals surface area contributed by atoms with Crippen molar-refractivity contribution in [1.82, 2.24) is 4.98 Å². The van der Waals surface area contributed by atoms with Gasteiger partial charge in [-0.25, -0.2) is 9.78 Å². The van der Waals surface area contributed by atoms with Gasteiger partial charge >= 0.3 is 5.97 Å². The third kappa shape index (κ3) is 4.76. The van der Waals surface area contributed by atoms with Crippen LogP contribution < -0.4 is 0 Å². The molecule has 0 fully saturated rings. The molecule has 4 aromatic rings. The average molecular weight is 421 g/mol. The standard InChI is InChI=1S/C28H23NO3/c1-2-25(21-6-4-3-5-7-21)28(23-11-8-20(9-12-23)10-17-27(30)31)24-15-13-22(14-16-24)26-18-29-19-32-26/h3-19H,2H2,1H3,(H,30,31). The normalized spacial score (nSPS) is 12.0. The van der Waals surface area contributed by atoms with Crippen LogP contribution in [0.5, 0.6) is 0 Å². The highest BCUT2D eigenvalue weighted by Gasteiger charge is 2.13. The van der Waals surface area contributed by atoms with E-state index in [0.29, 0.717) is 0 Å². The summed E-state index contributed by atoms with van der Waals surface area (Å²) in [5.41, 5.74) is 7.56. The summed E-state index contributed by atoms with van der Waals surface area (Å²) < 4.78 is 5.42. The number of oxazole rings is 1. The molecular formula is C28H23NO3. The highest BCUT2D eigenvalue weighted by Crippen LogP contribution is 2.35. The molecule has 3 aromatic carbocycles. The van der Waals surface area contributed by atoms with Crippen molar-refractivity contribution < 1.29 is 14.3 Å². The molecule has 0 aliphatic heterocycles. The van der Waals surface area contributed by atoms with Gasteiger partial charge in [0.15, 0.2) is 12.2 Å². The fourth-order valence-electron chi connectivity index (χ4n) is 3.77. The molecule has 0 aliphatic rings. The first kappa shape index (κ1) is 21.1. The van der Waals surface area contributed by atoms with Crippen LogP contribution in [0.25, 0.3) is 28.5 Å². The highest BCUT2D eigenvalue weighted by molar-refractivity contribution is 5.99. The first-order chi connectivity index (χ1) is 15.7. The van der Waals surface area contributed by atoms with Crippen molar-refractivity contribution in [3.05, 3.63) is 120 Å². The highest BCUT2D eigenvalue weighted by atomic mass is 16.4. The molecule has 4 heteroatoms. The minimum Gasteiger partial charge on any atom is -0.478 e. The molecule has 4 rings (SSSR count). The van der Waals surface area contributed by atoms with Gasteiger partial charge in [0, 0.05) is 11.6 Å². The van der Waals surface area contributed by atoms with Gasteiger partial charge in [0.2, 0.25) is 0 Å². The molecular weight excluding hydrogens is 398 g/mol. The second-order valence-corrected chi connectivity index (χ2v) is 7.31. The SMILES string of the molecule is CCC(=C(c1ccc(C=CC(=O)O)cc1)c1ccc(-c2cnco2)cc1)c1ccccc1. The quantitative estimate of drug-likeness (QED) is 0.263. The van der Waals surface area contributed by atoms with E-state index in [9.17, 15) is 4.79 Å². The van der Waals surface area contributed by atoms with Gasteiger partial charge in [-0.3, -0.25) is 0 Å². The number of allylic oxidation sites excluding steroid dienone is 1. The van der Waals surface area contributed by atoms with Crippen molar-refractivity contribution in [2.75, 3.05) is 0 Å². The minimum atomic E-state index is -0.959. The predicted molar refractivity (Wildman–Crippen MR) is 128 cm³/mol. The van der Waals surface area contributed by atoms with Crippen LogP contribution in [0.3, 0.4) is 0 Å². The van der Waals surface area contributed by atoms with E-state index in [1.807, 2.05) is 42.5 Å². The summed E-state index contributed by atoms with van der Waals surface area (Å²) in [5, 5.41) is 8.88. The van der Waals surface area contributed by atoms with E-state index >= 15 is 0 Å². The maximum atomic E-state index is 10.8. The van der Waals surface area contributed by atoms with E-state index in [-0.39, 0.29) is 0 Å². The van der Waals surface area contributed by atoms with Gasteiger partial charge in [-0.1, -0.05) is 85.8 Å². The topological polar surface area (TPSA) is 63.3 Å². The summed E-state index contributed by atoms with van der Waals surface area (Å²) in [6.45, 7) is 2.16. The summed E-state index contributed by atoms with van der Waals surface area (Å²) in [6.07, 6.45) is 6.75. The van der Waals surface area contributed by atoms with E-state index < -0.39 is 5.97 Å². The van der Waals surface area contributed by atoms with Crippen molar-refractivity contribution in [1.29, 1.82) is 0 Å². The molecule has 1 N–H and O–H groups in total. The number of hydrogen-bond donors (Lipinski definition) is 1. The van der Waals surface area contributed by atoms with Crippen LogP contribution in [0.4, 0.5) is 0 Å². The van der Waals surface area contributed by atoms with Crippen molar-refractivity contribution in [3.63, 3.8) is 0 Å². The maximum Gasteiger partial charge on any atom is 0.328 e. The van der Waals surface area contributed by atoms with Crippen LogP contribution in [0, 0.1) is 0 Å². The first-order valence-corrected chi connectivity index (χ1v) is 10.4. The molecule has 0 aliphatic carbocycles. The van der Waals surface area contributed by atoms with Crippen LogP contribution in [-0.4, -0.2) is 16.1 Å². The molecule has 0 radical (unpaired) electrons. The van der Waals surface area contributed by atoms with Crippen molar-refractivity contribution >= 4 is 23.2 Å². The zero-order chi connectivity index (χ0) is 22.3. The lowest BCUT2D eigenvalue weighted by Gasteiger charge is -2.17. The third-order valence-electron chi connectivity index (χ3n) is 5.29. The monoisotopic (exact) mass is 421 g/mol. The second-order valence-electron chi connectivity index (χ2n) is 7.31. The number of carboxylic acid groups (broad SMARTS) is 1. The molecule has 0 unspecified atom stereocenters. The van der Waals surface area contributed by atoms with Crippen molar-refractivity contribution in [2.45, 2.75) is 13.3 Å². The number of hydrogen-bond acceptors (Lipinski definition) is 3. The van der Waals surface area contributed by atoms with Crippen LogP contribution in [-0.2, 0) is 4.79 Å². The van der Waals surface area contributed by atoms with E-state index in [1.54, 1.807) is 12.3 Å². The first-order valence-electron chi connectivity index (χ1n) is 10.4. The minimum absolute atomic E-state index is 0.732. The maximum absolute atomic E-state index is 10.8. The molecule has 0 saturated carbocycles. The molecule has 1 aromatic heterocycles. The molecule has 0 saturated heterocycles. The van der Waals surface area contributed by atoms with Gasteiger partial charge in [-0.05, 0) is 45.9 Å². The Balaban J connectivity index is 1.82. The van der Waals surface area contributed by atoms with Gasteiger partial charge in [0.05, 0.1) is 6.20 Å². The lowest BCUT2D eigenvalue weighted by molar-refractivity contribution is -0.131. The van der Waals surface area contributed by atoms with Crippen molar-refractivity contribution in [2.24, 2.45) is 0 Å². The van der Waals surface area contributed by atoms with Gasteiger partial charge in [0.25, 0.3) is 0 Å². The second kappa shape index (κ2) is 9.75. The van der Waals surface area contributed by atoms with Gasteiger partial charge in [-0.15, -0.1) is 0 Å². The number of carbonyl (C=O) groups is 1. The molecule has 0 atom stereocenters. The zero-order valence-corrected chi connectivity index (χ0v) is 17.7. The third-order valence-corrected chi connectivity index (χ3v) is 5.29. The van der Waals surface area contributed by atoms with E-state index in [4.69, 9.17) is 9.52 Å². The Kier molecular flexibility index (Phi) is 6.42. The molecule has 0 spiro atoms. The van der Waals surface area contributed by atoms with Crippen LogP contribution >= 0.6 is 0 Å². The Morgan fingerprint density at radius 2 is 1.56 bits per heavy atom. The number of aromatic nitrogens is 1. The molecule has 32 heavy (non-hydrogen) atoms. The van der Waals surface area contributed by atoms with E-state index in [1.165, 1.54) is 17.5 Å². The predicted octanol–water partition coefficient (Wildman–Crippen LogP) is 6.81. The van der Waals surface area contributed by atoms with Gasteiger partial charge in [-0.2, -0.15) is 0 Å². The summed E-state index contributed by atoms with van der Waals surface area (Å²) in [6, 6.07) is 26.6. The molecule has 1 heterocycles. The van der Waals surface area contributed by atoms with Crippen LogP contribution in [0.1, 0.15) is 35.6 Å². The molecule has 0 amide bonds. The Morgan fingerprint density at radius 1 is 0.906 bits per heavy atom. The lowest BCUT2D eigenvalue weighted by Crippen LogP contribution is -1.95. The van der Waals surface area contributed by atoms with Gasteiger partial charge in [0.1, 0.15) is 0 Å². The fourth-order valence-corrected chi connectivity index (χ4v) is 3.77. The van der Waals surface area contributed by atoms with E-state index in [0.717, 1.165) is 46.1 Å². The average Bonchev–Trinajstić information content (AvgIpc) is 3.37. The van der Waals surface area contributed by atoms with E-state index in [2.05, 4.69) is 48.3 Å². The van der Waals surface area contributed by atoms with Crippen molar-refractivity contribution in [3.8, 4) is 11.3 Å². The number of carboxylic acids is 1. The Labute approximate surface area is 187 Å². The summed E-state index contributed by atoms with van der Waals surface area (Å²) in [4.78, 5) is 14.8.